The van der Waals surface area contributed by atoms with Crippen LogP contribution < -0.4 is 10.9 Å². The predicted molar refractivity (Wildman–Crippen MR) is 126 cm³/mol. The third-order valence-electron chi connectivity index (χ3n) is 6.07. The van der Waals surface area contributed by atoms with Crippen LogP contribution in [0.15, 0.2) is 35.1 Å². The maximum Gasteiger partial charge on any atom is 0.261 e. The second-order valence-corrected chi connectivity index (χ2v) is 9.79. The van der Waals surface area contributed by atoms with Crippen molar-refractivity contribution in [3.05, 3.63) is 45.6 Å². The van der Waals surface area contributed by atoms with Crippen molar-refractivity contribution in [2.75, 3.05) is 26.2 Å². The Morgan fingerprint density at radius 1 is 1.17 bits per heavy atom. The number of fused-ring (bicyclic) bond motifs is 3. The van der Waals surface area contributed by atoms with E-state index in [4.69, 9.17) is 0 Å². The van der Waals surface area contributed by atoms with E-state index in [1.807, 2.05) is 31.2 Å². The highest BCUT2D eigenvalue weighted by Gasteiger charge is 2.21. The summed E-state index contributed by atoms with van der Waals surface area (Å²) in [4.78, 5) is 28.8. The number of para-hydroxylation sites is 1. The van der Waals surface area contributed by atoms with Gasteiger partial charge in [0.05, 0.1) is 15.8 Å². The number of nitrogens with zero attached hydrogens (tertiary/aromatic N) is 2. The Morgan fingerprint density at radius 3 is 2.63 bits per heavy atom. The number of nitrogens with one attached hydrogen (secondary N) is 1. The van der Waals surface area contributed by atoms with Gasteiger partial charge in [-0.15, -0.1) is 11.3 Å². The molecule has 0 radical (unpaired) electrons. The second-order valence-electron chi connectivity index (χ2n) is 8.74. The Labute approximate surface area is 181 Å². The minimum Gasteiger partial charge on any atom is -0.351 e. The number of thiophene rings is 1. The van der Waals surface area contributed by atoms with Crippen LogP contribution in [0.1, 0.15) is 43.3 Å². The summed E-state index contributed by atoms with van der Waals surface area (Å²) in [5.74, 6) is 1.43. The Bertz CT molecular complexity index is 1110. The van der Waals surface area contributed by atoms with Crippen LogP contribution in [-0.2, 0) is 6.54 Å². The van der Waals surface area contributed by atoms with Gasteiger partial charge in [0.2, 0.25) is 0 Å². The molecule has 1 aliphatic rings. The van der Waals surface area contributed by atoms with Crippen LogP contribution in [0.5, 0.6) is 0 Å². The third kappa shape index (κ3) is 4.16. The van der Waals surface area contributed by atoms with Gasteiger partial charge >= 0.3 is 0 Å². The lowest BCUT2D eigenvalue weighted by Gasteiger charge is -2.34. The molecule has 1 fully saturated rings. The first kappa shape index (κ1) is 21.1. The van der Waals surface area contributed by atoms with Crippen molar-refractivity contribution in [2.45, 2.75) is 40.2 Å². The average Bonchev–Trinajstić information content (AvgIpc) is 3.17. The fraction of sp³-hybridized carbons (Fsp3) is 0.500. The summed E-state index contributed by atoms with van der Waals surface area (Å²) in [7, 11) is 0. The molecule has 0 aliphatic carbocycles. The van der Waals surface area contributed by atoms with Gasteiger partial charge in [0.1, 0.15) is 0 Å². The lowest BCUT2D eigenvalue weighted by molar-refractivity contribution is 0.0951. The number of aromatic nitrogens is 1. The minimum atomic E-state index is -0.0805. The number of rotatable bonds is 6. The van der Waals surface area contributed by atoms with E-state index in [2.05, 4.69) is 24.1 Å². The van der Waals surface area contributed by atoms with Crippen molar-refractivity contribution in [1.29, 1.82) is 0 Å². The zero-order chi connectivity index (χ0) is 21.3. The number of hydrogen-bond acceptors (Lipinski definition) is 4. The molecule has 1 aromatic carbocycles. The van der Waals surface area contributed by atoms with Gasteiger partial charge in [-0.1, -0.05) is 32.0 Å². The first-order chi connectivity index (χ1) is 14.5. The molecule has 1 saturated heterocycles. The number of piperidine rings is 1. The van der Waals surface area contributed by atoms with Gasteiger partial charge in [0.15, 0.2) is 0 Å². The van der Waals surface area contributed by atoms with Crippen LogP contribution in [0, 0.1) is 11.8 Å². The van der Waals surface area contributed by atoms with Gasteiger partial charge in [0.25, 0.3) is 11.5 Å². The van der Waals surface area contributed by atoms with Gasteiger partial charge in [0, 0.05) is 36.3 Å². The van der Waals surface area contributed by atoms with Crippen LogP contribution in [0.3, 0.4) is 0 Å². The lowest BCUT2D eigenvalue weighted by atomic mass is 9.92. The molecule has 4 rings (SSSR count). The van der Waals surface area contributed by atoms with Crippen molar-refractivity contribution in [3.8, 4) is 0 Å². The largest absolute Gasteiger partial charge is 0.351 e. The summed E-state index contributed by atoms with van der Waals surface area (Å²) < 4.78 is 2.69. The molecule has 0 bridgehead atoms. The normalized spacial score (nSPS) is 20.1. The molecule has 6 heteroatoms. The number of amides is 1. The van der Waals surface area contributed by atoms with Gasteiger partial charge in [-0.25, -0.2) is 0 Å². The lowest BCUT2D eigenvalue weighted by Crippen LogP contribution is -2.40. The SMILES string of the molecule is CCn1c(=O)c2cc(C(=O)NCCCN3C[C@H](C)C[C@@H](C)C3)sc2c2ccccc21. The van der Waals surface area contributed by atoms with Crippen LogP contribution in [0.4, 0.5) is 0 Å². The molecule has 2 atom stereocenters. The molecule has 30 heavy (non-hydrogen) atoms. The summed E-state index contributed by atoms with van der Waals surface area (Å²) in [5, 5.41) is 4.73. The van der Waals surface area contributed by atoms with Gasteiger partial charge in [-0.2, -0.15) is 0 Å². The molecule has 1 aliphatic heterocycles. The quantitative estimate of drug-likeness (QED) is 0.598. The van der Waals surface area contributed by atoms with Gasteiger partial charge in [-0.3, -0.25) is 9.59 Å². The average molecular weight is 426 g/mol. The Balaban J connectivity index is 1.46. The minimum absolute atomic E-state index is 0.0187. The summed E-state index contributed by atoms with van der Waals surface area (Å²) in [6.45, 7) is 11.2. The molecule has 0 spiro atoms. The highest BCUT2D eigenvalue weighted by Crippen LogP contribution is 2.30. The van der Waals surface area contributed by atoms with E-state index in [-0.39, 0.29) is 11.5 Å². The molecular weight excluding hydrogens is 394 g/mol. The van der Waals surface area contributed by atoms with E-state index in [9.17, 15) is 9.59 Å². The predicted octanol–water partition coefficient (Wildman–Crippen LogP) is 4.33. The summed E-state index contributed by atoms with van der Waals surface area (Å²) in [6, 6.07) is 9.70. The maximum absolute atomic E-state index is 12.9. The van der Waals surface area contributed by atoms with E-state index in [1.54, 1.807) is 10.6 Å². The highest BCUT2D eigenvalue weighted by atomic mass is 32.1. The molecule has 5 nitrogen and oxygen atoms in total. The number of likely N-dealkylation sites (tertiary alicyclic amines) is 1. The molecule has 3 aromatic rings. The van der Waals surface area contributed by atoms with Gasteiger partial charge < -0.3 is 14.8 Å². The van der Waals surface area contributed by atoms with E-state index in [0.29, 0.717) is 23.4 Å². The molecule has 0 saturated carbocycles. The van der Waals surface area contributed by atoms with Crippen molar-refractivity contribution in [1.82, 2.24) is 14.8 Å². The fourth-order valence-corrected chi connectivity index (χ4v) is 6.00. The first-order valence-corrected chi connectivity index (χ1v) is 11.8. The van der Waals surface area contributed by atoms with Crippen LogP contribution >= 0.6 is 11.3 Å². The first-order valence-electron chi connectivity index (χ1n) is 11.0. The molecular formula is C24H31N3O2S. The maximum atomic E-state index is 12.9. The van der Waals surface area contributed by atoms with Crippen molar-refractivity contribution >= 4 is 38.2 Å². The fourth-order valence-electron chi connectivity index (χ4n) is 4.90. The molecule has 1 N–H and O–H groups in total. The topological polar surface area (TPSA) is 54.3 Å². The zero-order valence-electron chi connectivity index (χ0n) is 18.1. The standard InChI is InChI=1S/C24H31N3O2S/c1-4-27-20-9-6-5-8-18(20)22-19(24(27)29)13-21(30-22)23(28)25-10-7-11-26-14-16(2)12-17(3)15-26/h5-6,8-9,13,16-17H,4,7,10-12,14-15H2,1-3H3,(H,25,28)/t16-,17-/m1/s1. The van der Waals surface area contributed by atoms with E-state index in [0.717, 1.165) is 53.5 Å². The smallest absolute Gasteiger partial charge is 0.261 e. The van der Waals surface area contributed by atoms with Gasteiger partial charge in [-0.05, 0) is 50.3 Å². The number of pyridine rings is 1. The monoisotopic (exact) mass is 425 g/mol. The number of aryl methyl sites for hydroxylation is 1. The van der Waals surface area contributed by atoms with E-state index < -0.39 is 0 Å². The summed E-state index contributed by atoms with van der Waals surface area (Å²) >= 11 is 1.42. The van der Waals surface area contributed by atoms with E-state index >= 15 is 0 Å². The molecule has 1 amide bonds. The second kappa shape index (κ2) is 8.90. The zero-order valence-corrected chi connectivity index (χ0v) is 18.9. The molecule has 0 unspecified atom stereocenters. The number of benzene rings is 1. The number of hydrogen-bond donors (Lipinski definition) is 1. The highest BCUT2D eigenvalue weighted by molar-refractivity contribution is 7.21. The molecule has 160 valence electrons. The van der Waals surface area contributed by atoms with Crippen molar-refractivity contribution < 1.29 is 4.79 Å². The Hall–Kier alpha value is -2.18. The number of carbonyl (C=O) groups is 1. The third-order valence-corrected chi connectivity index (χ3v) is 7.24. The molecule has 2 aromatic heterocycles. The summed E-state index contributed by atoms with van der Waals surface area (Å²) in [6.07, 6.45) is 2.26. The Kier molecular flexibility index (Phi) is 6.25. The summed E-state index contributed by atoms with van der Waals surface area (Å²) in [5.41, 5.74) is 0.908. The van der Waals surface area contributed by atoms with Crippen LogP contribution in [0.2, 0.25) is 0 Å². The van der Waals surface area contributed by atoms with Crippen molar-refractivity contribution in [3.63, 3.8) is 0 Å². The number of carbonyl (C=O) groups excluding carboxylic acids is 1. The van der Waals surface area contributed by atoms with Crippen molar-refractivity contribution in [2.24, 2.45) is 11.8 Å². The molecule has 3 heterocycles. The van der Waals surface area contributed by atoms with E-state index in [1.165, 1.54) is 17.8 Å². The van der Waals surface area contributed by atoms with Crippen LogP contribution in [0.25, 0.3) is 21.0 Å². The Morgan fingerprint density at radius 2 is 1.90 bits per heavy atom. The van der Waals surface area contributed by atoms with Crippen LogP contribution in [-0.4, -0.2) is 41.6 Å².